The number of carbonyl (C=O) groups is 3. The molecule has 0 fully saturated rings. The first-order chi connectivity index (χ1) is 14.0. The highest BCUT2D eigenvalue weighted by molar-refractivity contribution is 6.22. The Hall–Kier alpha value is -2.95. The minimum absolute atomic E-state index is 0.0858. The third-order valence-electron chi connectivity index (χ3n) is 5.82. The molecule has 0 unspecified atom stereocenters. The number of imide groups is 1. The van der Waals surface area contributed by atoms with E-state index in [0.29, 0.717) is 17.5 Å². The van der Waals surface area contributed by atoms with Crippen molar-refractivity contribution in [2.24, 2.45) is 5.92 Å². The van der Waals surface area contributed by atoms with Crippen LogP contribution in [0, 0.1) is 5.92 Å². The maximum atomic E-state index is 13.3. The lowest BCUT2D eigenvalue weighted by Crippen LogP contribution is -2.51. The van der Waals surface area contributed by atoms with Gasteiger partial charge < -0.3 is 5.32 Å². The molecule has 150 valence electrons. The Morgan fingerprint density at radius 1 is 1.03 bits per heavy atom. The van der Waals surface area contributed by atoms with Crippen LogP contribution < -0.4 is 5.32 Å². The summed E-state index contributed by atoms with van der Waals surface area (Å²) in [5, 5.41) is 3.14. The zero-order valence-corrected chi connectivity index (χ0v) is 16.9. The van der Waals surface area contributed by atoms with Crippen LogP contribution in [0.2, 0.25) is 0 Å². The minimum Gasteiger partial charge on any atom is -0.347 e. The van der Waals surface area contributed by atoms with Crippen LogP contribution in [-0.4, -0.2) is 28.7 Å². The smallest absolute Gasteiger partial charge is 0.262 e. The predicted octanol–water partition coefficient (Wildman–Crippen LogP) is 3.89. The Balaban J connectivity index is 1.61. The number of amides is 3. The lowest BCUT2D eigenvalue weighted by atomic mass is 9.87. The number of hydrogen-bond acceptors (Lipinski definition) is 3. The minimum atomic E-state index is -0.809. The van der Waals surface area contributed by atoms with Crippen LogP contribution in [0.1, 0.15) is 71.0 Å². The summed E-state index contributed by atoms with van der Waals surface area (Å²) in [6.07, 6.45) is 3.31. The molecule has 4 rings (SSSR count). The second kappa shape index (κ2) is 7.82. The number of aryl methyl sites for hydroxylation is 1. The van der Waals surface area contributed by atoms with Crippen molar-refractivity contribution >= 4 is 17.7 Å². The van der Waals surface area contributed by atoms with E-state index in [-0.39, 0.29) is 29.7 Å². The monoisotopic (exact) mass is 390 g/mol. The van der Waals surface area contributed by atoms with Gasteiger partial charge in [0.1, 0.15) is 6.04 Å². The van der Waals surface area contributed by atoms with E-state index in [2.05, 4.69) is 17.4 Å². The zero-order valence-electron chi connectivity index (χ0n) is 16.9. The molecule has 2 atom stereocenters. The Morgan fingerprint density at radius 2 is 1.66 bits per heavy atom. The maximum absolute atomic E-state index is 13.3. The Bertz CT molecular complexity index is 931. The average Bonchev–Trinajstić information content (AvgIpc) is 2.97. The van der Waals surface area contributed by atoms with E-state index in [1.165, 1.54) is 5.56 Å². The molecule has 2 aliphatic rings. The van der Waals surface area contributed by atoms with E-state index in [4.69, 9.17) is 0 Å². The number of fused-ring (bicyclic) bond motifs is 2. The molecule has 0 spiro atoms. The summed E-state index contributed by atoms with van der Waals surface area (Å²) < 4.78 is 0. The number of benzene rings is 2. The zero-order chi connectivity index (χ0) is 20.5. The van der Waals surface area contributed by atoms with Gasteiger partial charge in [0.25, 0.3) is 11.8 Å². The summed E-state index contributed by atoms with van der Waals surface area (Å²) in [6, 6.07) is 14.0. The molecule has 2 aromatic rings. The Labute approximate surface area is 171 Å². The van der Waals surface area contributed by atoms with Crippen molar-refractivity contribution in [3.63, 3.8) is 0 Å². The van der Waals surface area contributed by atoms with E-state index >= 15 is 0 Å². The van der Waals surface area contributed by atoms with Crippen molar-refractivity contribution in [2.75, 3.05) is 0 Å². The number of carbonyl (C=O) groups excluding carboxylic acids is 3. The summed E-state index contributed by atoms with van der Waals surface area (Å²) in [5.41, 5.74) is 3.15. The van der Waals surface area contributed by atoms with Crippen LogP contribution in [0.15, 0.2) is 48.5 Å². The van der Waals surface area contributed by atoms with Gasteiger partial charge in [-0.1, -0.05) is 50.2 Å². The van der Waals surface area contributed by atoms with E-state index < -0.39 is 6.04 Å². The Kier molecular flexibility index (Phi) is 5.22. The fourth-order valence-corrected chi connectivity index (χ4v) is 4.44. The highest BCUT2D eigenvalue weighted by Gasteiger charge is 2.43. The molecule has 1 aliphatic carbocycles. The number of nitrogens with zero attached hydrogens (tertiary/aromatic N) is 1. The second-order valence-corrected chi connectivity index (χ2v) is 8.32. The van der Waals surface area contributed by atoms with Gasteiger partial charge in [-0.2, -0.15) is 0 Å². The summed E-state index contributed by atoms with van der Waals surface area (Å²) >= 11 is 0. The van der Waals surface area contributed by atoms with Crippen LogP contribution in [0.25, 0.3) is 0 Å². The van der Waals surface area contributed by atoms with Crippen LogP contribution in [0.3, 0.4) is 0 Å². The fraction of sp³-hybridized carbons (Fsp3) is 0.375. The largest absolute Gasteiger partial charge is 0.347 e. The third-order valence-corrected chi connectivity index (χ3v) is 5.82. The normalized spacial score (nSPS) is 19.1. The molecular formula is C24H26N2O3. The summed E-state index contributed by atoms with van der Waals surface area (Å²) in [7, 11) is 0. The molecule has 1 heterocycles. The first kappa shape index (κ1) is 19.4. The van der Waals surface area contributed by atoms with Crippen LogP contribution in [0.4, 0.5) is 0 Å². The van der Waals surface area contributed by atoms with Crippen molar-refractivity contribution in [1.29, 1.82) is 0 Å². The summed E-state index contributed by atoms with van der Waals surface area (Å²) in [4.78, 5) is 40.4. The average molecular weight is 390 g/mol. The fourth-order valence-electron chi connectivity index (χ4n) is 4.44. The van der Waals surface area contributed by atoms with Crippen molar-refractivity contribution in [3.8, 4) is 0 Å². The molecule has 1 N–H and O–H groups in total. The molecule has 0 bridgehead atoms. The van der Waals surface area contributed by atoms with Gasteiger partial charge in [-0.15, -0.1) is 0 Å². The second-order valence-electron chi connectivity index (χ2n) is 8.32. The standard InChI is InChI=1S/C24H26N2O3/c1-15(2)14-21(26-23(28)18-11-5-6-12-19(18)24(26)29)22(27)25-20-13-7-9-16-8-3-4-10-17(16)20/h3-6,8,10-12,15,20-21H,7,9,13-14H2,1-2H3,(H,25,27)/t20-,21+/m1/s1. The predicted molar refractivity (Wildman–Crippen MR) is 110 cm³/mol. The van der Waals surface area contributed by atoms with Gasteiger partial charge in [0.2, 0.25) is 5.91 Å². The molecule has 2 aromatic carbocycles. The van der Waals surface area contributed by atoms with Crippen molar-refractivity contribution in [3.05, 3.63) is 70.8 Å². The molecule has 0 aromatic heterocycles. The quantitative estimate of drug-likeness (QED) is 0.788. The molecule has 3 amide bonds. The molecule has 5 heteroatoms. The number of rotatable bonds is 5. The van der Waals surface area contributed by atoms with Gasteiger partial charge in [-0.3, -0.25) is 19.3 Å². The molecule has 5 nitrogen and oxygen atoms in total. The topological polar surface area (TPSA) is 66.5 Å². The lowest BCUT2D eigenvalue weighted by Gasteiger charge is -2.31. The van der Waals surface area contributed by atoms with Gasteiger partial charge in [0.15, 0.2) is 0 Å². The van der Waals surface area contributed by atoms with E-state index in [1.54, 1.807) is 24.3 Å². The maximum Gasteiger partial charge on any atom is 0.262 e. The van der Waals surface area contributed by atoms with Gasteiger partial charge in [-0.05, 0) is 54.9 Å². The van der Waals surface area contributed by atoms with Crippen LogP contribution in [-0.2, 0) is 11.2 Å². The van der Waals surface area contributed by atoms with Crippen LogP contribution in [0.5, 0.6) is 0 Å². The van der Waals surface area contributed by atoms with Crippen molar-refractivity contribution in [1.82, 2.24) is 10.2 Å². The highest BCUT2D eigenvalue weighted by Crippen LogP contribution is 2.31. The highest BCUT2D eigenvalue weighted by atomic mass is 16.2. The first-order valence-electron chi connectivity index (χ1n) is 10.3. The number of hydrogen-bond donors (Lipinski definition) is 1. The molecule has 0 saturated heterocycles. The van der Waals surface area contributed by atoms with Gasteiger partial charge in [0.05, 0.1) is 17.2 Å². The number of nitrogens with one attached hydrogen (secondary N) is 1. The third kappa shape index (κ3) is 3.57. The van der Waals surface area contributed by atoms with Gasteiger partial charge in [-0.25, -0.2) is 0 Å². The first-order valence-corrected chi connectivity index (χ1v) is 10.3. The Morgan fingerprint density at radius 3 is 2.31 bits per heavy atom. The van der Waals surface area contributed by atoms with Crippen LogP contribution >= 0.6 is 0 Å². The lowest BCUT2D eigenvalue weighted by molar-refractivity contribution is -0.126. The van der Waals surface area contributed by atoms with Crippen molar-refractivity contribution in [2.45, 2.75) is 51.6 Å². The molecule has 0 radical (unpaired) electrons. The van der Waals surface area contributed by atoms with E-state index in [1.807, 2.05) is 26.0 Å². The summed E-state index contributed by atoms with van der Waals surface area (Å²) in [6.45, 7) is 3.99. The molecule has 0 saturated carbocycles. The van der Waals surface area contributed by atoms with Gasteiger partial charge >= 0.3 is 0 Å². The van der Waals surface area contributed by atoms with Crippen molar-refractivity contribution < 1.29 is 14.4 Å². The molecular weight excluding hydrogens is 364 g/mol. The van der Waals surface area contributed by atoms with E-state index in [0.717, 1.165) is 29.7 Å². The van der Waals surface area contributed by atoms with E-state index in [9.17, 15) is 14.4 Å². The molecule has 1 aliphatic heterocycles. The molecule has 29 heavy (non-hydrogen) atoms. The SMILES string of the molecule is CC(C)C[C@@H](C(=O)N[C@@H]1CCCc2ccccc21)N1C(=O)c2ccccc2C1=O. The van der Waals surface area contributed by atoms with Gasteiger partial charge in [0, 0.05) is 0 Å². The summed E-state index contributed by atoms with van der Waals surface area (Å²) in [5.74, 6) is -0.852.